The van der Waals surface area contributed by atoms with E-state index in [1.165, 1.54) is 14.0 Å². The summed E-state index contributed by atoms with van der Waals surface area (Å²) >= 11 is 6.10. The van der Waals surface area contributed by atoms with E-state index in [2.05, 4.69) is 0 Å². The van der Waals surface area contributed by atoms with Crippen LogP contribution in [-0.4, -0.2) is 19.7 Å². The molecule has 4 nitrogen and oxygen atoms in total. The molecule has 1 heterocycles. The highest BCUT2D eigenvalue weighted by atomic mass is 35.5. The molecule has 16 heavy (non-hydrogen) atoms. The van der Waals surface area contributed by atoms with Crippen LogP contribution >= 0.6 is 11.6 Å². The molecule has 0 amide bonds. The van der Waals surface area contributed by atoms with Gasteiger partial charge in [-0.15, -0.1) is 0 Å². The zero-order valence-electron chi connectivity index (χ0n) is 9.00. The quantitative estimate of drug-likeness (QED) is 0.815. The van der Waals surface area contributed by atoms with Gasteiger partial charge < -0.3 is 14.2 Å². The normalized spacial score (nSPS) is 12.7. The van der Waals surface area contributed by atoms with Gasteiger partial charge in [0.1, 0.15) is 16.6 Å². The fourth-order valence-corrected chi connectivity index (χ4v) is 2.00. The number of methoxy groups -OCH3 is 1. The lowest BCUT2D eigenvalue weighted by Gasteiger charge is -2.11. The van der Waals surface area contributed by atoms with Crippen LogP contribution < -0.4 is 14.2 Å². The third-order valence-corrected chi connectivity index (χ3v) is 2.62. The smallest absolute Gasteiger partial charge is 0.231 e. The van der Waals surface area contributed by atoms with Crippen LogP contribution in [0.1, 0.15) is 12.5 Å². The molecule has 0 aromatic heterocycles. The zero-order chi connectivity index (χ0) is 11.7. The molecule has 0 fully saturated rings. The minimum Gasteiger partial charge on any atom is -0.495 e. The van der Waals surface area contributed by atoms with Crippen LogP contribution in [-0.2, 0) is 11.2 Å². The average molecular weight is 243 g/mol. The second kappa shape index (κ2) is 4.22. The Morgan fingerprint density at radius 2 is 2.31 bits per heavy atom. The van der Waals surface area contributed by atoms with E-state index in [0.717, 1.165) is 0 Å². The number of hydrogen-bond acceptors (Lipinski definition) is 4. The first-order chi connectivity index (χ1) is 7.63. The number of rotatable bonds is 3. The first kappa shape index (κ1) is 11.1. The highest BCUT2D eigenvalue weighted by Crippen LogP contribution is 2.46. The van der Waals surface area contributed by atoms with E-state index in [0.29, 0.717) is 27.8 Å². The molecule has 2 rings (SSSR count). The van der Waals surface area contributed by atoms with Gasteiger partial charge in [0.25, 0.3) is 0 Å². The van der Waals surface area contributed by atoms with E-state index in [1.54, 1.807) is 6.07 Å². The van der Waals surface area contributed by atoms with Crippen LogP contribution in [0.5, 0.6) is 17.2 Å². The number of benzene rings is 1. The summed E-state index contributed by atoms with van der Waals surface area (Å²) in [5.74, 6) is 1.54. The van der Waals surface area contributed by atoms with Crippen molar-refractivity contribution in [2.45, 2.75) is 13.3 Å². The fourth-order valence-electron chi connectivity index (χ4n) is 1.66. The highest BCUT2D eigenvalue weighted by molar-refractivity contribution is 6.34. The summed E-state index contributed by atoms with van der Waals surface area (Å²) in [6.45, 7) is 1.65. The van der Waals surface area contributed by atoms with Crippen LogP contribution in [0.3, 0.4) is 0 Å². The molecule has 0 N–H and O–H groups in total. The van der Waals surface area contributed by atoms with Gasteiger partial charge in [0.15, 0.2) is 11.5 Å². The van der Waals surface area contributed by atoms with E-state index < -0.39 is 0 Å². The first-order valence-electron chi connectivity index (χ1n) is 4.78. The molecule has 1 aliphatic heterocycles. The number of carbonyl (C=O) groups is 1. The maximum absolute atomic E-state index is 11.1. The molecule has 0 radical (unpaired) electrons. The lowest BCUT2D eigenvalue weighted by atomic mass is 10.1. The summed E-state index contributed by atoms with van der Waals surface area (Å²) in [4.78, 5) is 11.1. The predicted octanol–water partition coefficient (Wildman–Crippen LogP) is 2.21. The Hall–Kier alpha value is -1.42. The standard InChI is InChI=1S/C11H11ClO4/c1-6(13)3-7-4-8-11(16-5-15-8)9(12)10(7)14-2/h4H,3,5H2,1-2H3. The Morgan fingerprint density at radius 3 is 2.94 bits per heavy atom. The third kappa shape index (κ3) is 1.80. The number of Topliss-reactive ketones (excluding diaryl/α,β-unsaturated/α-hetero) is 1. The second-order valence-electron chi connectivity index (χ2n) is 3.50. The number of carbonyl (C=O) groups excluding carboxylic acids is 1. The molecular weight excluding hydrogens is 232 g/mol. The van der Waals surface area contributed by atoms with Gasteiger partial charge in [-0.05, 0) is 13.0 Å². The lowest BCUT2D eigenvalue weighted by Crippen LogP contribution is -2.00. The van der Waals surface area contributed by atoms with Gasteiger partial charge in [0, 0.05) is 12.0 Å². The Labute approximate surface area is 98.1 Å². The topological polar surface area (TPSA) is 44.8 Å². The van der Waals surface area contributed by atoms with Crippen molar-refractivity contribution in [1.29, 1.82) is 0 Å². The number of hydrogen-bond donors (Lipinski definition) is 0. The Bertz CT molecular complexity index is 442. The largest absolute Gasteiger partial charge is 0.495 e. The average Bonchev–Trinajstić information content (AvgIpc) is 2.65. The van der Waals surface area contributed by atoms with E-state index in [9.17, 15) is 4.79 Å². The Balaban J connectivity index is 2.52. The maximum atomic E-state index is 11.1. The fraction of sp³-hybridized carbons (Fsp3) is 0.364. The number of fused-ring (bicyclic) bond motifs is 1. The van der Waals surface area contributed by atoms with Gasteiger partial charge in [0.2, 0.25) is 6.79 Å². The SMILES string of the molecule is COc1c(CC(C)=O)cc2c(c1Cl)OCO2. The summed E-state index contributed by atoms with van der Waals surface area (Å²) in [5.41, 5.74) is 0.712. The summed E-state index contributed by atoms with van der Waals surface area (Å²) in [7, 11) is 1.51. The van der Waals surface area contributed by atoms with E-state index in [-0.39, 0.29) is 19.0 Å². The molecule has 0 spiro atoms. The van der Waals surface area contributed by atoms with Crippen molar-refractivity contribution in [2.24, 2.45) is 0 Å². The molecule has 1 aromatic rings. The molecule has 5 heteroatoms. The number of halogens is 1. The Morgan fingerprint density at radius 1 is 1.56 bits per heavy atom. The molecular formula is C11H11ClO4. The van der Waals surface area contributed by atoms with Crippen LogP contribution in [0.25, 0.3) is 0 Å². The van der Waals surface area contributed by atoms with Crippen molar-refractivity contribution in [1.82, 2.24) is 0 Å². The lowest BCUT2D eigenvalue weighted by molar-refractivity contribution is -0.116. The molecule has 0 bridgehead atoms. The van der Waals surface area contributed by atoms with Crippen molar-refractivity contribution < 1.29 is 19.0 Å². The van der Waals surface area contributed by atoms with E-state index in [1.807, 2.05) is 0 Å². The van der Waals surface area contributed by atoms with Crippen molar-refractivity contribution in [2.75, 3.05) is 13.9 Å². The summed E-state index contributed by atoms with van der Waals surface area (Å²) in [6.07, 6.45) is 0.263. The second-order valence-corrected chi connectivity index (χ2v) is 3.87. The minimum absolute atomic E-state index is 0.0354. The van der Waals surface area contributed by atoms with Gasteiger partial charge in [-0.25, -0.2) is 0 Å². The van der Waals surface area contributed by atoms with Crippen molar-refractivity contribution in [3.05, 3.63) is 16.7 Å². The molecule has 1 aliphatic rings. The van der Waals surface area contributed by atoms with Gasteiger partial charge in [-0.3, -0.25) is 4.79 Å². The molecule has 86 valence electrons. The summed E-state index contributed by atoms with van der Waals surface area (Å²) < 4.78 is 15.6. The van der Waals surface area contributed by atoms with Crippen LogP contribution in [0.15, 0.2) is 6.07 Å². The van der Waals surface area contributed by atoms with Crippen molar-refractivity contribution >= 4 is 17.4 Å². The van der Waals surface area contributed by atoms with E-state index >= 15 is 0 Å². The van der Waals surface area contributed by atoms with Crippen LogP contribution in [0.2, 0.25) is 5.02 Å². The molecule has 0 aliphatic carbocycles. The first-order valence-corrected chi connectivity index (χ1v) is 5.15. The molecule has 0 saturated carbocycles. The van der Waals surface area contributed by atoms with Crippen LogP contribution in [0.4, 0.5) is 0 Å². The third-order valence-electron chi connectivity index (χ3n) is 2.28. The van der Waals surface area contributed by atoms with Gasteiger partial charge in [0.05, 0.1) is 7.11 Å². The number of ether oxygens (including phenoxy) is 3. The molecule has 0 saturated heterocycles. The Kier molecular flexibility index (Phi) is 2.92. The summed E-state index contributed by atoms with van der Waals surface area (Å²) in [5, 5.41) is 0.355. The molecule has 0 atom stereocenters. The maximum Gasteiger partial charge on any atom is 0.231 e. The van der Waals surface area contributed by atoms with Crippen molar-refractivity contribution in [3.63, 3.8) is 0 Å². The predicted molar refractivity (Wildman–Crippen MR) is 58.5 cm³/mol. The van der Waals surface area contributed by atoms with E-state index in [4.69, 9.17) is 25.8 Å². The van der Waals surface area contributed by atoms with Gasteiger partial charge >= 0.3 is 0 Å². The minimum atomic E-state index is 0.0354. The van der Waals surface area contributed by atoms with Crippen LogP contribution in [0, 0.1) is 0 Å². The monoisotopic (exact) mass is 242 g/mol. The number of ketones is 1. The van der Waals surface area contributed by atoms with Gasteiger partial charge in [-0.1, -0.05) is 11.6 Å². The zero-order valence-corrected chi connectivity index (χ0v) is 9.76. The summed E-state index contributed by atoms with van der Waals surface area (Å²) in [6, 6.07) is 1.73. The molecule has 1 aromatic carbocycles. The molecule has 0 unspecified atom stereocenters. The van der Waals surface area contributed by atoms with Gasteiger partial charge in [-0.2, -0.15) is 0 Å². The van der Waals surface area contributed by atoms with Crippen molar-refractivity contribution in [3.8, 4) is 17.2 Å². The highest BCUT2D eigenvalue weighted by Gasteiger charge is 2.24.